The van der Waals surface area contributed by atoms with Gasteiger partial charge in [0.25, 0.3) is 5.69 Å². The second-order valence-electron chi connectivity index (χ2n) is 5.84. The molecule has 0 saturated heterocycles. The van der Waals surface area contributed by atoms with Gasteiger partial charge < -0.3 is 5.32 Å². The fourth-order valence-corrected chi connectivity index (χ4v) is 3.30. The molecule has 1 aliphatic rings. The normalized spacial score (nSPS) is 13.9. The molecule has 0 bridgehead atoms. The van der Waals surface area contributed by atoms with E-state index < -0.39 is 4.92 Å². The topological polar surface area (TPSA) is 105 Å². The van der Waals surface area contributed by atoms with E-state index >= 15 is 0 Å². The van der Waals surface area contributed by atoms with Gasteiger partial charge in [0, 0.05) is 30.5 Å². The summed E-state index contributed by atoms with van der Waals surface area (Å²) < 4.78 is 0. The molecule has 0 saturated carbocycles. The first-order chi connectivity index (χ1) is 12.9. The highest BCUT2D eigenvalue weighted by Crippen LogP contribution is 2.23. The maximum atomic E-state index is 12.2. The molecule has 1 heterocycles. The summed E-state index contributed by atoms with van der Waals surface area (Å²) in [6, 6.07) is 13.3. The Hall–Kier alpha value is -3.20. The van der Waals surface area contributed by atoms with Gasteiger partial charge in [0.05, 0.1) is 17.2 Å². The Labute approximate surface area is 159 Å². The van der Waals surface area contributed by atoms with E-state index in [1.807, 2.05) is 6.07 Å². The number of amides is 2. The van der Waals surface area contributed by atoms with Crippen molar-refractivity contribution in [2.45, 2.75) is 13.5 Å². The maximum absolute atomic E-state index is 12.2. The van der Waals surface area contributed by atoms with Gasteiger partial charge in [0.2, 0.25) is 5.91 Å². The van der Waals surface area contributed by atoms with Crippen LogP contribution in [0.3, 0.4) is 0 Å². The molecule has 1 N–H and O–H groups in total. The molecule has 0 aromatic heterocycles. The van der Waals surface area contributed by atoms with Crippen molar-refractivity contribution in [3.8, 4) is 0 Å². The average molecular weight is 384 g/mol. The number of nitro groups is 1. The van der Waals surface area contributed by atoms with Crippen LogP contribution in [0.2, 0.25) is 0 Å². The lowest BCUT2D eigenvalue weighted by Gasteiger charge is -2.23. The van der Waals surface area contributed by atoms with E-state index in [2.05, 4.69) is 10.4 Å². The van der Waals surface area contributed by atoms with E-state index in [1.54, 1.807) is 30.3 Å². The number of carbonyl (C=O) groups is 2. The number of carbonyl (C=O) groups excluding carboxylic acids is 2. The van der Waals surface area contributed by atoms with Crippen molar-refractivity contribution in [3.63, 3.8) is 0 Å². The van der Waals surface area contributed by atoms with E-state index in [1.165, 1.54) is 24.1 Å². The monoisotopic (exact) mass is 384 g/mol. The van der Waals surface area contributed by atoms with Crippen molar-refractivity contribution in [3.05, 3.63) is 69.8 Å². The van der Waals surface area contributed by atoms with Crippen molar-refractivity contribution < 1.29 is 14.5 Å². The number of hydrogen-bond acceptors (Lipinski definition) is 6. The van der Waals surface area contributed by atoms with Crippen LogP contribution in [0.4, 0.5) is 16.2 Å². The minimum absolute atomic E-state index is 0.00512. The zero-order valence-corrected chi connectivity index (χ0v) is 15.2. The molecule has 0 atom stereocenters. The molecule has 8 nitrogen and oxygen atoms in total. The van der Waals surface area contributed by atoms with Crippen molar-refractivity contribution in [1.82, 2.24) is 5.01 Å². The van der Waals surface area contributed by atoms with Gasteiger partial charge >= 0.3 is 5.24 Å². The molecule has 0 radical (unpaired) electrons. The third-order valence-corrected chi connectivity index (χ3v) is 4.65. The number of nitro benzene ring substituents is 1. The summed E-state index contributed by atoms with van der Waals surface area (Å²) in [4.78, 5) is 33.7. The van der Waals surface area contributed by atoms with Crippen molar-refractivity contribution in [2.75, 3.05) is 11.1 Å². The minimum Gasteiger partial charge on any atom is -0.326 e. The zero-order valence-electron chi connectivity index (χ0n) is 14.4. The van der Waals surface area contributed by atoms with Crippen molar-refractivity contribution in [2.24, 2.45) is 5.10 Å². The van der Waals surface area contributed by atoms with Gasteiger partial charge in [-0.05, 0) is 35.4 Å². The Morgan fingerprint density at radius 3 is 2.70 bits per heavy atom. The summed E-state index contributed by atoms with van der Waals surface area (Å²) in [6.45, 7) is 1.69. The van der Waals surface area contributed by atoms with Crippen LogP contribution < -0.4 is 5.32 Å². The van der Waals surface area contributed by atoms with Crippen LogP contribution in [0.5, 0.6) is 0 Å². The number of benzene rings is 2. The largest absolute Gasteiger partial charge is 0.326 e. The molecule has 0 unspecified atom stereocenters. The summed E-state index contributed by atoms with van der Waals surface area (Å²) >= 11 is 1.13. The smallest absolute Gasteiger partial charge is 0.302 e. The highest BCUT2D eigenvalue weighted by atomic mass is 32.2. The number of thioether (sulfide) groups is 1. The van der Waals surface area contributed by atoms with E-state index in [0.29, 0.717) is 17.2 Å². The van der Waals surface area contributed by atoms with E-state index in [9.17, 15) is 19.7 Å². The SMILES string of the molecule is CC(=O)Nc1cccc(CN2N=C(c3ccc([N+](=O)[O-])cc3)CSC2=O)c1. The first-order valence-electron chi connectivity index (χ1n) is 8.05. The highest BCUT2D eigenvalue weighted by molar-refractivity contribution is 8.14. The third kappa shape index (κ3) is 4.70. The molecular formula is C18H16N4O4S. The fourth-order valence-electron chi connectivity index (χ4n) is 2.56. The predicted molar refractivity (Wildman–Crippen MR) is 104 cm³/mol. The molecule has 0 fully saturated rings. The number of non-ortho nitro benzene ring substituents is 1. The second-order valence-corrected chi connectivity index (χ2v) is 6.77. The molecule has 9 heteroatoms. The first-order valence-corrected chi connectivity index (χ1v) is 9.04. The molecule has 2 aromatic rings. The van der Waals surface area contributed by atoms with E-state index in [4.69, 9.17) is 0 Å². The molecule has 0 spiro atoms. The Kier molecular flexibility index (Phi) is 5.51. The standard InChI is InChI=1S/C18H16N4O4S/c1-12(23)19-15-4-2-3-13(9-15)10-21-18(24)27-11-17(20-21)14-5-7-16(8-6-14)22(25)26/h2-9H,10-11H2,1H3,(H,19,23). The number of anilines is 1. The molecular weight excluding hydrogens is 368 g/mol. The van der Waals surface area contributed by atoms with Gasteiger partial charge in [-0.15, -0.1) is 0 Å². The molecule has 3 rings (SSSR count). The molecule has 138 valence electrons. The van der Waals surface area contributed by atoms with Crippen molar-refractivity contribution in [1.29, 1.82) is 0 Å². The van der Waals surface area contributed by atoms with Crippen LogP contribution in [0.15, 0.2) is 53.6 Å². The van der Waals surface area contributed by atoms with Crippen LogP contribution in [0.25, 0.3) is 0 Å². The van der Waals surface area contributed by atoms with Gasteiger partial charge in [0.15, 0.2) is 0 Å². The summed E-state index contributed by atoms with van der Waals surface area (Å²) in [5.41, 5.74) is 2.89. The number of hydrazone groups is 1. The van der Waals surface area contributed by atoms with Crippen LogP contribution >= 0.6 is 11.8 Å². The Bertz CT molecular complexity index is 927. The molecule has 2 aromatic carbocycles. The fraction of sp³-hybridized carbons (Fsp3) is 0.167. The number of nitrogens with one attached hydrogen (secondary N) is 1. The van der Waals surface area contributed by atoms with Crippen LogP contribution in [-0.2, 0) is 11.3 Å². The highest BCUT2D eigenvalue weighted by Gasteiger charge is 2.22. The van der Waals surface area contributed by atoms with Gasteiger partial charge in [0.1, 0.15) is 0 Å². The van der Waals surface area contributed by atoms with Crippen LogP contribution in [-0.4, -0.2) is 32.5 Å². The molecule has 1 aliphatic heterocycles. The lowest BCUT2D eigenvalue weighted by Crippen LogP contribution is -2.29. The summed E-state index contributed by atoms with van der Waals surface area (Å²) in [5, 5.41) is 19.1. The van der Waals surface area contributed by atoms with Gasteiger partial charge in [-0.2, -0.15) is 5.10 Å². The summed E-state index contributed by atoms with van der Waals surface area (Å²) in [6.07, 6.45) is 0. The molecule has 0 aliphatic carbocycles. The van der Waals surface area contributed by atoms with Gasteiger partial charge in [-0.25, -0.2) is 5.01 Å². The number of hydrogen-bond donors (Lipinski definition) is 1. The average Bonchev–Trinajstić information content (AvgIpc) is 2.63. The quantitative estimate of drug-likeness (QED) is 0.626. The first kappa shape index (κ1) is 18.6. The predicted octanol–water partition coefficient (Wildman–Crippen LogP) is 3.63. The Balaban J connectivity index is 1.80. The van der Waals surface area contributed by atoms with Crippen LogP contribution in [0.1, 0.15) is 18.1 Å². The lowest BCUT2D eigenvalue weighted by molar-refractivity contribution is -0.384. The summed E-state index contributed by atoms with van der Waals surface area (Å²) in [5.74, 6) is 0.231. The van der Waals surface area contributed by atoms with E-state index in [0.717, 1.165) is 22.9 Å². The number of nitrogens with zero attached hydrogens (tertiary/aromatic N) is 3. The van der Waals surface area contributed by atoms with E-state index in [-0.39, 0.29) is 23.4 Å². The van der Waals surface area contributed by atoms with Crippen LogP contribution in [0, 0.1) is 10.1 Å². The Morgan fingerprint density at radius 2 is 2.04 bits per heavy atom. The second kappa shape index (κ2) is 8.00. The van der Waals surface area contributed by atoms with Gasteiger partial charge in [-0.3, -0.25) is 19.7 Å². The molecule has 27 heavy (non-hydrogen) atoms. The zero-order chi connectivity index (χ0) is 19.4. The van der Waals surface area contributed by atoms with Crippen molar-refractivity contribution >= 4 is 40.0 Å². The molecule has 2 amide bonds. The van der Waals surface area contributed by atoms with Gasteiger partial charge in [-0.1, -0.05) is 23.9 Å². The third-order valence-electron chi connectivity index (χ3n) is 3.78. The number of rotatable bonds is 5. The summed E-state index contributed by atoms with van der Waals surface area (Å²) in [7, 11) is 0. The Morgan fingerprint density at radius 1 is 1.30 bits per heavy atom. The minimum atomic E-state index is -0.459. The maximum Gasteiger partial charge on any atom is 0.302 e. The lowest BCUT2D eigenvalue weighted by atomic mass is 10.1.